The first-order chi connectivity index (χ1) is 17.9. The van der Waals surface area contributed by atoms with Crippen LogP contribution in [0.4, 0.5) is 0 Å². The van der Waals surface area contributed by atoms with Gasteiger partial charge in [0.05, 0.1) is 17.4 Å². The van der Waals surface area contributed by atoms with E-state index in [9.17, 15) is 10.1 Å². The maximum Gasteiger partial charge on any atom is 0.232 e. The topological polar surface area (TPSA) is 56.1 Å². The Hall–Kier alpha value is -3.42. The average molecular weight is 494 g/mol. The summed E-state index contributed by atoms with van der Waals surface area (Å²) in [6.07, 6.45) is 4.74. The molecule has 1 N–H and O–H groups in total. The molecular weight excluding hydrogens is 454 g/mol. The van der Waals surface area contributed by atoms with E-state index in [0.717, 1.165) is 55.3 Å². The van der Waals surface area contributed by atoms with Gasteiger partial charge >= 0.3 is 0 Å². The van der Waals surface area contributed by atoms with Gasteiger partial charge in [-0.25, -0.2) is 0 Å². The number of rotatable bonds is 9. The molecule has 0 atom stereocenters. The van der Waals surface area contributed by atoms with Crippen LogP contribution < -0.4 is 5.32 Å². The molecule has 192 valence electrons. The lowest BCUT2D eigenvalue weighted by molar-refractivity contribution is -0.121. The SMILES string of the molecule is Cc1ccc(C(C(=O)NCCCN(C)C2CCC(C#N)(c3ccccc3)CC2)c2ccc(C)cc2)cc1. The number of hydrogen-bond acceptors (Lipinski definition) is 3. The van der Waals surface area contributed by atoms with Crippen LogP contribution in [0.25, 0.3) is 0 Å². The van der Waals surface area contributed by atoms with Crippen LogP contribution in [0.2, 0.25) is 0 Å². The Bertz CT molecular complexity index is 1140. The first-order valence-corrected chi connectivity index (χ1v) is 13.5. The maximum atomic E-state index is 13.3. The monoisotopic (exact) mass is 493 g/mol. The first kappa shape index (κ1) is 26.6. The fourth-order valence-electron chi connectivity index (χ4n) is 5.60. The molecule has 1 aliphatic rings. The standard InChI is InChI=1S/C33H39N3O/c1-25-10-14-27(15-11-25)31(28-16-12-26(2)13-17-28)32(37)35-22-7-23-36(3)30-18-20-33(24-34,21-19-30)29-8-5-4-6-9-29/h4-6,8-17,30-31H,7,18-23H2,1-3H3,(H,35,37). The molecule has 0 spiro atoms. The van der Waals surface area contributed by atoms with Gasteiger partial charge in [0.2, 0.25) is 5.91 Å². The lowest BCUT2D eigenvalue weighted by Gasteiger charge is -2.39. The van der Waals surface area contributed by atoms with E-state index in [1.54, 1.807) is 0 Å². The van der Waals surface area contributed by atoms with Crippen LogP contribution >= 0.6 is 0 Å². The molecule has 3 aromatic rings. The summed E-state index contributed by atoms with van der Waals surface area (Å²) in [6.45, 7) is 5.71. The van der Waals surface area contributed by atoms with Crippen LogP contribution in [0, 0.1) is 25.2 Å². The predicted octanol–water partition coefficient (Wildman–Crippen LogP) is 6.28. The van der Waals surface area contributed by atoms with Crippen molar-refractivity contribution < 1.29 is 4.79 Å². The van der Waals surface area contributed by atoms with Crippen LogP contribution in [-0.4, -0.2) is 37.0 Å². The number of nitriles is 1. The summed E-state index contributed by atoms with van der Waals surface area (Å²) in [6, 6.07) is 29.9. The zero-order valence-corrected chi connectivity index (χ0v) is 22.4. The second-order valence-electron chi connectivity index (χ2n) is 10.7. The van der Waals surface area contributed by atoms with E-state index in [4.69, 9.17) is 0 Å². The quantitative estimate of drug-likeness (QED) is 0.357. The Morgan fingerprint density at radius 1 is 0.946 bits per heavy atom. The molecule has 1 fully saturated rings. The largest absolute Gasteiger partial charge is 0.355 e. The molecule has 0 unspecified atom stereocenters. The van der Waals surface area contributed by atoms with Crippen LogP contribution in [0.5, 0.6) is 0 Å². The minimum absolute atomic E-state index is 0.0506. The molecule has 37 heavy (non-hydrogen) atoms. The van der Waals surface area contributed by atoms with Crippen molar-refractivity contribution in [1.29, 1.82) is 5.26 Å². The van der Waals surface area contributed by atoms with Crippen molar-refractivity contribution in [2.45, 2.75) is 63.3 Å². The molecule has 1 amide bonds. The van der Waals surface area contributed by atoms with Gasteiger partial charge in [-0.1, -0.05) is 90.0 Å². The number of hydrogen-bond donors (Lipinski definition) is 1. The summed E-state index contributed by atoms with van der Waals surface area (Å²) in [7, 11) is 2.18. The number of amides is 1. The molecule has 0 radical (unpaired) electrons. The van der Waals surface area contributed by atoms with Crippen molar-refractivity contribution in [3.05, 3.63) is 107 Å². The summed E-state index contributed by atoms with van der Waals surface area (Å²) in [5.41, 5.74) is 5.21. The number of nitrogens with zero attached hydrogens (tertiary/aromatic N) is 2. The van der Waals surface area contributed by atoms with Gasteiger partial charge in [0.1, 0.15) is 0 Å². The number of nitrogens with one attached hydrogen (secondary N) is 1. The normalized spacial score (nSPS) is 19.5. The molecule has 0 aromatic heterocycles. The minimum Gasteiger partial charge on any atom is -0.355 e. The van der Waals surface area contributed by atoms with Gasteiger partial charge in [-0.3, -0.25) is 4.79 Å². The van der Waals surface area contributed by atoms with Crippen molar-refractivity contribution in [1.82, 2.24) is 10.2 Å². The highest BCUT2D eigenvalue weighted by molar-refractivity contribution is 5.87. The summed E-state index contributed by atoms with van der Waals surface area (Å²) in [4.78, 5) is 15.8. The van der Waals surface area contributed by atoms with E-state index in [2.05, 4.69) is 97.8 Å². The van der Waals surface area contributed by atoms with Crippen LogP contribution in [0.1, 0.15) is 65.8 Å². The third-order valence-corrected chi connectivity index (χ3v) is 8.04. The molecular formula is C33H39N3O. The van der Waals surface area contributed by atoms with Crippen molar-refractivity contribution in [3.63, 3.8) is 0 Å². The summed E-state index contributed by atoms with van der Waals surface area (Å²) >= 11 is 0. The maximum absolute atomic E-state index is 13.3. The zero-order chi connectivity index (χ0) is 26.3. The van der Waals surface area contributed by atoms with Gasteiger partial charge in [0.15, 0.2) is 0 Å². The summed E-state index contributed by atoms with van der Waals surface area (Å²) < 4.78 is 0. The lowest BCUT2D eigenvalue weighted by Crippen LogP contribution is -2.41. The van der Waals surface area contributed by atoms with Crippen molar-refractivity contribution in [3.8, 4) is 6.07 Å². The Balaban J connectivity index is 1.29. The summed E-state index contributed by atoms with van der Waals surface area (Å²) in [5.74, 6) is -0.260. The number of benzene rings is 3. The van der Waals surface area contributed by atoms with Crippen LogP contribution in [0.3, 0.4) is 0 Å². The molecule has 0 aliphatic heterocycles. The van der Waals surface area contributed by atoms with Crippen molar-refractivity contribution in [2.24, 2.45) is 0 Å². The lowest BCUT2D eigenvalue weighted by atomic mass is 9.69. The van der Waals surface area contributed by atoms with E-state index >= 15 is 0 Å². The Labute approximate surface area is 222 Å². The number of carbonyl (C=O) groups is 1. The van der Waals surface area contributed by atoms with Gasteiger partial charge in [-0.05, 0) is 76.2 Å². The fourth-order valence-corrected chi connectivity index (χ4v) is 5.60. The highest BCUT2D eigenvalue weighted by Gasteiger charge is 2.37. The van der Waals surface area contributed by atoms with Gasteiger partial charge in [0, 0.05) is 12.6 Å². The Kier molecular flexibility index (Phi) is 8.79. The van der Waals surface area contributed by atoms with Gasteiger partial charge in [0.25, 0.3) is 0 Å². The second kappa shape index (κ2) is 12.2. The molecule has 0 heterocycles. The van der Waals surface area contributed by atoms with Crippen LogP contribution in [0.15, 0.2) is 78.9 Å². The molecule has 1 saturated carbocycles. The van der Waals surface area contributed by atoms with Gasteiger partial charge < -0.3 is 10.2 Å². The first-order valence-electron chi connectivity index (χ1n) is 13.5. The molecule has 1 aliphatic carbocycles. The smallest absolute Gasteiger partial charge is 0.232 e. The summed E-state index contributed by atoms with van der Waals surface area (Å²) in [5, 5.41) is 13.2. The molecule has 3 aromatic carbocycles. The Morgan fingerprint density at radius 3 is 2.00 bits per heavy atom. The van der Waals surface area contributed by atoms with Crippen molar-refractivity contribution in [2.75, 3.05) is 20.1 Å². The number of carbonyl (C=O) groups excluding carboxylic acids is 1. The number of aryl methyl sites for hydroxylation is 2. The Morgan fingerprint density at radius 2 is 1.49 bits per heavy atom. The van der Waals surface area contributed by atoms with E-state index in [1.165, 1.54) is 11.1 Å². The molecule has 0 bridgehead atoms. The third-order valence-electron chi connectivity index (χ3n) is 8.04. The van der Waals surface area contributed by atoms with Crippen LogP contribution in [-0.2, 0) is 10.2 Å². The molecule has 4 rings (SSSR count). The van der Waals surface area contributed by atoms with E-state index < -0.39 is 0 Å². The predicted molar refractivity (Wildman–Crippen MR) is 150 cm³/mol. The van der Waals surface area contributed by atoms with Crippen molar-refractivity contribution >= 4 is 5.91 Å². The highest BCUT2D eigenvalue weighted by atomic mass is 16.1. The zero-order valence-electron chi connectivity index (χ0n) is 22.4. The van der Waals surface area contributed by atoms with E-state index in [-0.39, 0.29) is 17.2 Å². The fraction of sp³-hybridized carbons (Fsp3) is 0.394. The second-order valence-corrected chi connectivity index (χ2v) is 10.7. The van der Waals surface area contributed by atoms with E-state index in [1.807, 2.05) is 18.2 Å². The molecule has 4 nitrogen and oxygen atoms in total. The minimum atomic E-state index is -0.354. The van der Waals surface area contributed by atoms with E-state index in [0.29, 0.717) is 12.6 Å². The molecule has 4 heteroatoms. The third kappa shape index (κ3) is 6.48. The van der Waals surface area contributed by atoms with Gasteiger partial charge in [-0.2, -0.15) is 5.26 Å². The highest BCUT2D eigenvalue weighted by Crippen LogP contribution is 2.40. The molecule has 0 saturated heterocycles. The van der Waals surface area contributed by atoms with Gasteiger partial charge in [-0.15, -0.1) is 0 Å². The average Bonchev–Trinajstić information content (AvgIpc) is 2.94.